The molecule has 0 spiro atoms. The van der Waals surface area contributed by atoms with Crippen LogP contribution in [0, 0.1) is 11.8 Å². The molecule has 13 nitrogen and oxygen atoms in total. The first-order chi connectivity index (χ1) is 20.3. The minimum Gasteiger partial charge on any atom is -0.511 e. The number of ketones is 2. The second-order valence-electron chi connectivity index (χ2n) is 10.7. The number of hydrogen-bond donors (Lipinski definition) is 7. The fourth-order valence-corrected chi connectivity index (χ4v) is 6.28. The number of nitrogens with one attached hydrogen (secondary N) is 1. The number of aliphatic hydroxyl groups excluding tert-OH is 3. The summed E-state index contributed by atoms with van der Waals surface area (Å²) in [5, 5.41) is 55.5. The van der Waals surface area contributed by atoms with Crippen LogP contribution in [0.3, 0.4) is 0 Å². The van der Waals surface area contributed by atoms with E-state index in [0.29, 0.717) is 16.7 Å². The molecule has 0 aromatic heterocycles. The molecule has 13 heteroatoms. The number of allylic oxidation sites excluding steroid dienone is 2. The zero-order valence-electron chi connectivity index (χ0n) is 22.8. The van der Waals surface area contributed by atoms with Gasteiger partial charge < -0.3 is 41.3 Å². The maximum Gasteiger partial charge on any atom is 0.330 e. The van der Waals surface area contributed by atoms with Crippen molar-refractivity contribution in [3.8, 4) is 16.9 Å². The first-order valence-corrected chi connectivity index (χ1v) is 13.3. The van der Waals surface area contributed by atoms with Gasteiger partial charge in [0.2, 0.25) is 5.78 Å². The van der Waals surface area contributed by atoms with Crippen molar-refractivity contribution in [2.75, 3.05) is 13.7 Å². The number of aromatic hydroxyl groups is 1. The van der Waals surface area contributed by atoms with Gasteiger partial charge in [-0.3, -0.25) is 19.2 Å². The number of phenols is 1. The Morgan fingerprint density at radius 3 is 2.49 bits per heavy atom. The molecule has 2 aromatic rings. The minimum atomic E-state index is -2.67. The number of rotatable bonds is 6. The van der Waals surface area contributed by atoms with E-state index >= 15 is 0 Å². The number of Topliss-reactive ketones (excluding diaryl/α,β-unsaturated/α-hetero) is 2. The van der Waals surface area contributed by atoms with Crippen molar-refractivity contribution >= 4 is 29.4 Å². The Morgan fingerprint density at radius 1 is 1.12 bits per heavy atom. The molecule has 2 aromatic carbocycles. The molecule has 43 heavy (non-hydrogen) atoms. The van der Waals surface area contributed by atoms with Crippen LogP contribution in [0.2, 0.25) is 0 Å². The van der Waals surface area contributed by atoms with E-state index in [-0.39, 0.29) is 36.0 Å². The van der Waals surface area contributed by atoms with Crippen LogP contribution in [0.15, 0.2) is 59.1 Å². The van der Waals surface area contributed by atoms with E-state index in [1.807, 2.05) is 0 Å². The Hall–Kier alpha value is -5.01. The van der Waals surface area contributed by atoms with Gasteiger partial charge in [0, 0.05) is 23.5 Å². The molecule has 5 rings (SSSR count). The number of aliphatic hydroxyl groups is 4. The van der Waals surface area contributed by atoms with Gasteiger partial charge in [0.1, 0.15) is 22.8 Å². The third-order valence-corrected chi connectivity index (χ3v) is 8.35. The number of fused-ring (bicyclic) bond motifs is 3. The van der Waals surface area contributed by atoms with Crippen LogP contribution >= 0.6 is 0 Å². The van der Waals surface area contributed by atoms with Crippen LogP contribution in [0.5, 0.6) is 5.75 Å². The number of ether oxygens (including phenoxy) is 1. The molecule has 4 atom stereocenters. The van der Waals surface area contributed by atoms with Crippen molar-refractivity contribution in [1.82, 2.24) is 5.32 Å². The summed E-state index contributed by atoms with van der Waals surface area (Å²) in [5.74, 6) is -8.74. The number of methoxy groups -OCH3 is 1. The van der Waals surface area contributed by atoms with E-state index in [4.69, 9.17) is 5.73 Å². The molecule has 0 saturated carbocycles. The van der Waals surface area contributed by atoms with Crippen molar-refractivity contribution < 1.29 is 54.2 Å². The van der Waals surface area contributed by atoms with E-state index in [1.165, 1.54) is 18.2 Å². The lowest BCUT2D eigenvalue weighted by molar-refractivity contribution is -0.145. The topological polar surface area (TPSA) is 234 Å². The summed E-state index contributed by atoms with van der Waals surface area (Å²) in [4.78, 5) is 63.4. The molecule has 0 aliphatic heterocycles. The van der Waals surface area contributed by atoms with Gasteiger partial charge in [0.15, 0.2) is 17.4 Å². The molecule has 2 amide bonds. The van der Waals surface area contributed by atoms with Crippen molar-refractivity contribution in [2.24, 2.45) is 17.6 Å². The van der Waals surface area contributed by atoms with Crippen molar-refractivity contribution in [3.05, 3.63) is 75.8 Å². The predicted molar refractivity (Wildman–Crippen MR) is 147 cm³/mol. The number of carbonyl (C=O) groups excluding carboxylic acids is 5. The van der Waals surface area contributed by atoms with Crippen LogP contribution in [0.25, 0.3) is 11.1 Å². The highest BCUT2D eigenvalue weighted by atomic mass is 16.5. The quantitative estimate of drug-likeness (QED) is 0.180. The van der Waals surface area contributed by atoms with Gasteiger partial charge in [0.05, 0.1) is 19.3 Å². The van der Waals surface area contributed by atoms with Crippen LogP contribution in [-0.4, -0.2) is 80.2 Å². The van der Waals surface area contributed by atoms with Crippen LogP contribution < -0.4 is 11.1 Å². The first-order valence-electron chi connectivity index (χ1n) is 13.3. The molecule has 224 valence electrons. The molecule has 0 fully saturated rings. The summed E-state index contributed by atoms with van der Waals surface area (Å²) < 4.78 is 4.57. The smallest absolute Gasteiger partial charge is 0.330 e. The van der Waals surface area contributed by atoms with Gasteiger partial charge in [-0.1, -0.05) is 18.2 Å². The Balaban J connectivity index is 1.56. The summed E-state index contributed by atoms with van der Waals surface area (Å²) in [6, 6.07) is 7.72. The average Bonchev–Trinajstić information content (AvgIpc) is 2.97. The maximum absolute atomic E-state index is 13.8. The third-order valence-electron chi connectivity index (χ3n) is 8.35. The van der Waals surface area contributed by atoms with Crippen molar-refractivity contribution in [1.29, 1.82) is 0 Å². The van der Waals surface area contributed by atoms with E-state index in [1.54, 1.807) is 18.2 Å². The predicted octanol–water partition coefficient (Wildman–Crippen LogP) is 0.511. The average molecular weight is 593 g/mol. The van der Waals surface area contributed by atoms with Crippen LogP contribution in [-0.2, 0) is 25.5 Å². The summed E-state index contributed by atoms with van der Waals surface area (Å²) >= 11 is 0. The fourth-order valence-electron chi connectivity index (χ4n) is 6.28. The Morgan fingerprint density at radius 2 is 1.84 bits per heavy atom. The van der Waals surface area contributed by atoms with Gasteiger partial charge in [0.25, 0.3) is 11.8 Å². The summed E-state index contributed by atoms with van der Waals surface area (Å²) in [6.07, 6.45) is -0.306. The number of esters is 1. The van der Waals surface area contributed by atoms with E-state index in [2.05, 4.69) is 10.1 Å². The van der Waals surface area contributed by atoms with E-state index in [0.717, 1.165) is 7.11 Å². The summed E-state index contributed by atoms with van der Waals surface area (Å²) in [5.41, 5.74) is 2.70. The van der Waals surface area contributed by atoms with Gasteiger partial charge in [-0.15, -0.1) is 0 Å². The number of hydrogen-bond acceptors (Lipinski definition) is 11. The first kappa shape index (κ1) is 29.5. The molecule has 1 unspecified atom stereocenters. The number of carbonyl (C=O) groups is 5. The molecule has 0 saturated heterocycles. The maximum atomic E-state index is 13.8. The zero-order chi connectivity index (χ0) is 31.4. The number of benzene rings is 2. The molecular weight excluding hydrogens is 564 g/mol. The second kappa shape index (κ2) is 10.7. The number of primary amides is 1. The molecule has 0 bridgehead atoms. The Labute approximate surface area is 243 Å². The summed E-state index contributed by atoms with van der Waals surface area (Å²) in [7, 11) is 1.12. The van der Waals surface area contributed by atoms with Crippen molar-refractivity contribution in [2.45, 2.75) is 30.9 Å². The molecule has 0 radical (unpaired) electrons. The lowest BCUT2D eigenvalue weighted by Gasteiger charge is -2.45. The highest BCUT2D eigenvalue weighted by Crippen LogP contribution is 2.52. The molecule has 8 N–H and O–H groups in total. The molecule has 3 aliphatic carbocycles. The lowest BCUT2D eigenvalue weighted by atomic mass is 9.60. The highest BCUT2D eigenvalue weighted by Gasteiger charge is 2.59. The monoisotopic (exact) mass is 592 g/mol. The number of amides is 2. The highest BCUT2D eigenvalue weighted by molar-refractivity contribution is 6.24. The third kappa shape index (κ3) is 4.53. The number of phenolic OH excluding ortho intramolecular Hbond substituents is 1. The van der Waals surface area contributed by atoms with Gasteiger partial charge in [-0.25, -0.2) is 4.79 Å². The molecule has 0 heterocycles. The lowest BCUT2D eigenvalue weighted by Crippen LogP contribution is -2.57. The fraction of sp³-hybridized carbons (Fsp3) is 0.300. The van der Waals surface area contributed by atoms with E-state index in [9.17, 15) is 49.5 Å². The Kier molecular flexibility index (Phi) is 7.32. The second-order valence-corrected chi connectivity index (χ2v) is 10.7. The van der Waals surface area contributed by atoms with Crippen LogP contribution in [0.4, 0.5) is 0 Å². The van der Waals surface area contributed by atoms with Gasteiger partial charge in [-0.05, 0) is 53.6 Å². The zero-order valence-corrected chi connectivity index (χ0v) is 22.8. The summed E-state index contributed by atoms with van der Waals surface area (Å²) in [6.45, 7) is -0.686. The standard InChI is InChI=1S/C30H28N2O11/c1-43-29(41)18(11-33)32-28(40)13-4-2-3-12(7-13)16-5-6-19(34)22-17(16)9-14-8-15-10-20(35)23(27(31)39)26(38)30(15,42)25(37)21(14)24(22)36/h2-7,14-15,18,33-35,37,42H,8-11H2,1H3,(H2,31,39)(H,32,40)/t14-,15+,18?,30+/m1/s1. The van der Waals surface area contributed by atoms with Gasteiger partial charge >= 0.3 is 5.97 Å². The molecule has 3 aliphatic rings. The van der Waals surface area contributed by atoms with E-state index < -0.39 is 82.3 Å². The SMILES string of the molecule is COC(=O)C(CO)NC(=O)c1cccc(-c2ccc(O)c3c2C[C@H]2C[C@H]4CC(O)=C(C(N)=O)C(=O)[C@@]4(O)C(O)=C2C3=O)c1. The minimum absolute atomic E-state index is 0.0312. The van der Waals surface area contributed by atoms with Gasteiger partial charge in [-0.2, -0.15) is 0 Å². The molecular formula is C30H28N2O11. The largest absolute Gasteiger partial charge is 0.511 e. The normalized spacial score (nSPS) is 23.6. The Bertz CT molecular complexity index is 1670. The number of nitrogens with two attached hydrogens (primary N) is 1. The van der Waals surface area contributed by atoms with Crippen molar-refractivity contribution in [3.63, 3.8) is 0 Å². The van der Waals surface area contributed by atoms with Crippen LogP contribution in [0.1, 0.15) is 39.1 Å².